The van der Waals surface area contributed by atoms with Gasteiger partial charge in [0.25, 0.3) is 0 Å². The zero-order valence-corrected chi connectivity index (χ0v) is 11.2. The standard InChI is InChI=1S/C13H26N2O2/c1-11-9-15(6-7-17-11)13(10-14)5-3-4-12(8-13)16-2/h11-12H,3-10,14H2,1-2H3. The van der Waals surface area contributed by atoms with Crippen molar-refractivity contribution in [2.24, 2.45) is 5.73 Å². The summed E-state index contributed by atoms with van der Waals surface area (Å²) in [5.41, 5.74) is 6.24. The van der Waals surface area contributed by atoms with Gasteiger partial charge in [-0.05, 0) is 32.6 Å². The number of methoxy groups -OCH3 is 1. The summed E-state index contributed by atoms with van der Waals surface area (Å²) in [6.45, 7) is 5.73. The summed E-state index contributed by atoms with van der Waals surface area (Å²) < 4.78 is 11.2. The van der Waals surface area contributed by atoms with Crippen LogP contribution in [0.2, 0.25) is 0 Å². The van der Waals surface area contributed by atoms with Crippen molar-refractivity contribution in [2.45, 2.75) is 50.4 Å². The molecule has 2 N–H and O–H groups in total. The van der Waals surface area contributed by atoms with Crippen molar-refractivity contribution in [1.82, 2.24) is 4.90 Å². The average Bonchev–Trinajstić information content (AvgIpc) is 2.38. The largest absolute Gasteiger partial charge is 0.381 e. The van der Waals surface area contributed by atoms with Crippen molar-refractivity contribution >= 4 is 0 Å². The van der Waals surface area contributed by atoms with Crippen LogP contribution in [0, 0.1) is 0 Å². The molecule has 0 aromatic heterocycles. The molecule has 2 fully saturated rings. The molecule has 2 aliphatic rings. The van der Waals surface area contributed by atoms with Gasteiger partial charge in [0.15, 0.2) is 0 Å². The topological polar surface area (TPSA) is 47.7 Å². The molecule has 3 unspecified atom stereocenters. The molecule has 1 saturated carbocycles. The van der Waals surface area contributed by atoms with Gasteiger partial charge < -0.3 is 15.2 Å². The van der Waals surface area contributed by atoms with E-state index in [0.29, 0.717) is 12.2 Å². The predicted molar refractivity (Wildman–Crippen MR) is 68.0 cm³/mol. The number of hydrogen-bond donors (Lipinski definition) is 1. The number of nitrogens with two attached hydrogens (primary N) is 1. The molecule has 4 nitrogen and oxygen atoms in total. The molecule has 0 spiro atoms. The Hall–Kier alpha value is -0.160. The molecule has 17 heavy (non-hydrogen) atoms. The van der Waals surface area contributed by atoms with Crippen LogP contribution in [0.1, 0.15) is 32.6 Å². The van der Waals surface area contributed by atoms with Crippen LogP contribution < -0.4 is 5.73 Å². The zero-order chi connectivity index (χ0) is 12.3. The van der Waals surface area contributed by atoms with E-state index in [9.17, 15) is 0 Å². The van der Waals surface area contributed by atoms with Gasteiger partial charge in [0, 0.05) is 32.3 Å². The first-order valence-corrected chi connectivity index (χ1v) is 6.80. The molecule has 2 rings (SSSR count). The molecule has 1 heterocycles. The van der Waals surface area contributed by atoms with E-state index in [1.165, 1.54) is 19.3 Å². The highest BCUT2D eigenvalue weighted by Crippen LogP contribution is 2.35. The van der Waals surface area contributed by atoms with E-state index in [0.717, 1.165) is 32.7 Å². The smallest absolute Gasteiger partial charge is 0.0674 e. The third kappa shape index (κ3) is 2.81. The molecule has 1 aliphatic heterocycles. The molecule has 1 saturated heterocycles. The zero-order valence-electron chi connectivity index (χ0n) is 11.2. The fraction of sp³-hybridized carbons (Fsp3) is 1.00. The molecule has 0 aromatic rings. The van der Waals surface area contributed by atoms with Gasteiger partial charge in [0.1, 0.15) is 0 Å². The second-order valence-electron chi connectivity index (χ2n) is 5.51. The molecule has 3 atom stereocenters. The summed E-state index contributed by atoms with van der Waals surface area (Å²) in [4.78, 5) is 2.55. The molecule has 0 amide bonds. The molecule has 4 heteroatoms. The molecule has 0 radical (unpaired) electrons. The van der Waals surface area contributed by atoms with Crippen molar-refractivity contribution in [3.8, 4) is 0 Å². The number of nitrogens with zero attached hydrogens (tertiary/aromatic N) is 1. The summed E-state index contributed by atoms with van der Waals surface area (Å²) in [5.74, 6) is 0. The van der Waals surface area contributed by atoms with Crippen molar-refractivity contribution in [3.63, 3.8) is 0 Å². The maximum atomic E-state index is 6.09. The van der Waals surface area contributed by atoms with E-state index in [2.05, 4.69) is 11.8 Å². The SMILES string of the molecule is COC1CCCC(CN)(N2CCOC(C)C2)C1. The van der Waals surface area contributed by atoms with Crippen molar-refractivity contribution in [2.75, 3.05) is 33.4 Å². The molecular formula is C13H26N2O2. The minimum Gasteiger partial charge on any atom is -0.381 e. The van der Waals surface area contributed by atoms with E-state index in [4.69, 9.17) is 15.2 Å². The van der Waals surface area contributed by atoms with Crippen molar-refractivity contribution < 1.29 is 9.47 Å². The average molecular weight is 242 g/mol. The first-order valence-electron chi connectivity index (χ1n) is 6.80. The minimum atomic E-state index is 0.150. The lowest BCUT2D eigenvalue weighted by molar-refractivity contribution is -0.0891. The van der Waals surface area contributed by atoms with E-state index >= 15 is 0 Å². The highest BCUT2D eigenvalue weighted by molar-refractivity contribution is 4.98. The summed E-state index contributed by atoms with van der Waals surface area (Å²) in [5, 5.41) is 0. The minimum absolute atomic E-state index is 0.150. The van der Waals surface area contributed by atoms with E-state index in [-0.39, 0.29) is 5.54 Å². The Morgan fingerprint density at radius 2 is 2.35 bits per heavy atom. The quantitative estimate of drug-likeness (QED) is 0.802. The maximum absolute atomic E-state index is 6.09. The first-order chi connectivity index (χ1) is 8.20. The Balaban J connectivity index is 2.06. The van der Waals surface area contributed by atoms with Gasteiger partial charge in [-0.2, -0.15) is 0 Å². The van der Waals surface area contributed by atoms with Crippen LogP contribution in [0.4, 0.5) is 0 Å². The van der Waals surface area contributed by atoms with Crippen LogP contribution in [0.25, 0.3) is 0 Å². The van der Waals surface area contributed by atoms with E-state index in [1.807, 2.05) is 7.11 Å². The maximum Gasteiger partial charge on any atom is 0.0674 e. The summed E-state index contributed by atoms with van der Waals surface area (Å²) in [7, 11) is 1.82. The lowest BCUT2D eigenvalue weighted by atomic mass is 9.78. The van der Waals surface area contributed by atoms with Gasteiger partial charge in [-0.15, -0.1) is 0 Å². The Kier molecular flexibility index (Phi) is 4.42. The fourth-order valence-electron chi connectivity index (χ4n) is 3.34. The van der Waals surface area contributed by atoms with Crippen molar-refractivity contribution in [3.05, 3.63) is 0 Å². The molecule has 1 aliphatic carbocycles. The fourth-order valence-corrected chi connectivity index (χ4v) is 3.34. The number of ether oxygens (including phenoxy) is 2. The van der Waals surface area contributed by atoms with Crippen LogP contribution in [-0.2, 0) is 9.47 Å². The number of morpholine rings is 1. The first kappa shape index (κ1) is 13.3. The molecule has 0 aromatic carbocycles. The van der Waals surface area contributed by atoms with Crippen LogP contribution in [0.15, 0.2) is 0 Å². The third-order valence-electron chi connectivity index (χ3n) is 4.40. The highest BCUT2D eigenvalue weighted by atomic mass is 16.5. The van der Waals surface area contributed by atoms with Gasteiger partial charge in [-0.1, -0.05) is 0 Å². The van der Waals surface area contributed by atoms with Crippen molar-refractivity contribution in [1.29, 1.82) is 0 Å². The Morgan fingerprint density at radius 1 is 1.53 bits per heavy atom. The lowest BCUT2D eigenvalue weighted by Crippen LogP contribution is -2.61. The monoisotopic (exact) mass is 242 g/mol. The normalized spacial score (nSPS) is 40.4. The number of rotatable bonds is 3. The Bertz CT molecular complexity index is 250. The van der Waals surface area contributed by atoms with E-state index in [1.54, 1.807) is 0 Å². The Morgan fingerprint density at radius 3 is 3.00 bits per heavy atom. The summed E-state index contributed by atoms with van der Waals surface area (Å²) in [6, 6.07) is 0. The van der Waals surface area contributed by atoms with Crippen LogP contribution in [-0.4, -0.2) is 56.0 Å². The summed E-state index contributed by atoms with van der Waals surface area (Å²) in [6.07, 6.45) is 5.39. The highest BCUT2D eigenvalue weighted by Gasteiger charge is 2.41. The second-order valence-corrected chi connectivity index (χ2v) is 5.51. The lowest BCUT2D eigenvalue weighted by Gasteiger charge is -2.50. The summed E-state index contributed by atoms with van der Waals surface area (Å²) >= 11 is 0. The Labute approximate surface area is 104 Å². The van der Waals surface area contributed by atoms with E-state index < -0.39 is 0 Å². The van der Waals surface area contributed by atoms with Crippen LogP contribution in [0.5, 0.6) is 0 Å². The molecular weight excluding hydrogens is 216 g/mol. The predicted octanol–water partition coefficient (Wildman–Crippen LogP) is 0.994. The van der Waals surface area contributed by atoms with Crippen LogP contribution in [0.3, 0.4) is 0 Å². The molecule has 0 bridgehead atoms. The second kappa shape index (κ2) is 5.65. The molecule has 100 valence electrons. The third-order valence-corrected chi connectivity index (χ3v) is 4.40. The number of hydrogen-bond acceptors (Lipinski definition) is 4. The van der Waals surface area contributed by atoms with Gasteiger partial charge in [0.2, 0.25) is 0 Å². The van der Waals surface area contributed by atoms with Crippen LogP contribution >= 0.6 is 0 Å². The van der Waals surface area contributed by atoms with Gasteiger partial charge in [-0.25, -0.2) is 0 Å². The van der Waals surface area contributed by atoms with Gasteiger partial charge in [-0.3, -0.25) is 4.90 Å². The van der Waals surface area contributed by atoms with Gasteiger partial charge >= 0.3 is 0 Å². The van der Waals surface area contributed by atoms with Gasteiger partial charge in [0.05, 0.1) is 18.8 Å².